The second kappa shape index (κ2) is 10.4. The summed E-state index contributed by atoms with van der Waals surface area (Å²) in [4.78, 5) is 46.6. The van der Waals surface area contributed by atoms with Gasteiger partial charge in [-0.15, -0.1) is 11.3 Å². The number of likely N-dealkylation sites (tertiary alicyclic amines) is 1. The third-order valence-electron chi connectivity index (χ3n) is 6.59. The van der Waals surface area contributed by atoms with E-state index < -0.39 is 34.8 Å². The molecular weight excluding hydrogens is 525 g/mol. The predicted molar refractivity (Wildman–Crippen MR) is 145 cm³/mol. The van der Waals surface area contributed by atoms with Crippen molar-refractivity contribution in [2.75, 3.05) is 13.1 Å². The van der Waals surface area contributed by atoms with Crippen molar-refractivity contribution in [3.63, 3.8) is 0 Å². The highest BCUT2D eigenvalue weighted by Gasteiger charge is 2.30. The van der Waals surface area contributed by atoms with Crippen LogP contribution in [0.15, 0.2) is 44.4 Å². The van der Waals surface area contributed by atoms with Gasteiger partial charge < -0.3 is 14.2 Å². The maximum atomic E-state index is 14.6. The lowest BCUT2D eigenvalue weighted by molar-refractivity contribution is 0.0186. The molecule has 12 heteroatoms. The lowest BCUT2D eigenvalue weighted by Crippen LogP contribution is -2.47. The van der Waals surface area contributed by atoms with Crippen molar-refractivity contribution < 1.29 is 18.4 Å². The van der Waals surface area contributed by atoms with Gasteiger partial charge in [-0.1, -0.05) is 30.3 Å². The number of benzene rings is 1. The van der Waals surface area contributed by atoms with Crippen LogP contribution in [0.1, 0.15) is 58.3 Å². The van der Waals surface area contributed by atoms with Gasteiger partial charge in [0.2, 0.25) is 5.89 Å². The van der Waals surface area contributed by atoms with Crippen LogP contribution in [0.4, 0.5) is 9.18 Å². The van der Waals surface area contributed by atoms with Crippen LogP contribution >= 0.6 is 11.3 Å². The molecule has 1 aliphatic rings. The molecule has 0 radical (unpaired) electrons. The first-order valence-corrected chi connectivity index (χ1v) is 13.7. The molecule has 0 saturated carbocycles. The van der Waals surface area contributed by atoms with E-state index in [1.165, 1.54) is 15.2 Å². The number of hydrogen-bond acceptors (Lipinski definition) is 8. The molecule has 0 aliphatic carbocycles. The molecule has 1 fully saturated rings. The third-order valence-corrected chi connectivity index (χ3v) is 7.74. The first-order valence-electron chi connectivity index (χ1n) is 12.9. The number of halogens is 1. The first kappa shape index (κ1) is 26.8. The van der Waals surface area contributed by atoms with Gasteiger partial charge in [0.1, 0.15) is 22.7 Å². The fraction of sp³-hybridized carbons (Fsp3) is 0.444. The van der Waals surface area contributed by atoms with Gasteiger partial charge in [-0.2, -0.15) is 4.98 Å². The summed E-state index contributed by atoms with van der Waals surface area (Å²) < 4.78 is 28.5. The Morgan fingerprint density at radius 1 is 1.21 bits per heavy atom. The number of aryl methyl sites for hydroxylation is 1. The molecule has 0 bridgehead atoms. The fourth-order valence-corrected chi connectivity index (χ4v) is 5.82. The van der Waals surface area contributed by atoms with Gasteiger partial charge in [-0.25, -0.2) is 14.0 Å². The minimum atomic E-state index is -0.620. The van der Waals surface area contributed by atoms with Crippen LogP contribution in [0.25, 0.3) is 20.7 Å². The minimum Gasteiger partial charge on any atom is -0.444 e. The van der Waals surface area contributed by atoms with Crippen molar-refractivity contribution in [2.24, 2.45) is 0 Å². The van der Waals surface area contributed by atoms with Gasteiger partial charge in [0.15, 0.2) is 5.82 Å². The molecule has 1 aromatic carbocycles. The van der Waals surface area contributed by atoms with Crippen molar-refractivity contribution >= 4 is 27.6 Å². The smallest absolute Gasteiger partial charge is 0.410 e. The van der Waals surface area contributed by atoms with Gasteiger partial charge >= 0.3 is 11.8 Å². The van der Waals surface area contributed by atoms with E-state index in [1.807, 2.05) is 6.92 Å². The number of piperidine rings is 1. The Balaban J connectivity index is 1.56. The summed E-state index contributed by atoms with van der Waals surface area (Å²) in [5, 5.41) is 3.92. The molecular formula is C27H30FN5O5S. The number of hydrogen-bond donors (Lipinski definition) is 0. The molecule has 0 unspecified atom stereocenters. The Hall–Kier alpha value is -3.80. The molecule has 0 atom stereocenters. The Morgan fingerprint density at radius 2 is 1.92 bits per heavy atom. The van der Waals surface area contributed by atoms with Crippen LogP contribution in [0, 0.1) is 5.82 Å². The molecule has 5 rings (SSSR count). The monoisotopic (exact) mass is 555 g/mol. The van der Waals surface area contributed by atoms with Gasteiger partial charge in [0.25, 0.3) is 5.56 Å². The van der Waals surface area contributed by atoms with E-state index in [9.17, 15) is 18.8 Å². The number of carbonyl (C=O) groups is 1. The number of fused-ring (bicyclic) bond motifs is 1. The van der Waals surface area contributed by atoms with Crippen LogP contribution in [0.3, 0.4) is 0 Å². The molecule has 1 aliphatic heterocycles. The zero-order valence-electron chi connectivity index (χ0n) is 22.3. The van der Waals surface area contributed by atoms with Gasteiger partial charge in [-0.3, -0.25) is 13.9 Å². The van der Waals surface area contributed by atoms with Crippen molar-refractivity contribution in [1.29, 1.82) is 0 Å². The minimum absolute atomic E-state index is 0.0349. The highest BCUT2D eigenvalue weighted by molar-refractivity contribution is 7.22. The van der Waals surface area contributed by atoms with E-state index in [0.29, 0.717) is 58.8 Å². The second-order valence-electron chi connectivity index (χ2n) is 10.5. The molecule has 4 aromatic rings. The molecule has 1 saturated heterocycles. The number of amides is 1. The highest BCUT2D eigenvalue weighted by Crippen LogP contribution is 2.33. The Labute approximate surface area is 227 Å². The van der Waals surface area contributed by atoms with Crippen LogP contribution in [0.5, 0.6) is 0 Å². The Kier molecular flexibility index (Phi) is 7.15. The molecule has 0 N–H and O–H groups in total. The largest absolute Gasteiger partial charge is 0.444 e. The van der Waals surface area contributed by atoms with Crippen molar-refractivity contribution in [1.82, 2.24) is 24.2 Å². The van der Waals surface area contributed by atoms with Crippen molar-refractivity contribution in [2.45, 2.75) is 65.1 Å². The topological polar surface area (TPSA) is 112 Å². The molecule has 10 nitrogen and oxygen atoms in total. The average molecular weight is 556 g/mol. The fourth-order valence-electron chi connectivity index (χ4n) is 4.70. The molecule has 39 heavy (non-hydrogen) atoms. The summed E-state index contributed by atoms with van der Waals surface area (Å²) in [7, 11) is 0. The van der Waals surface area contributed by atoms with Crippen LogP contribution in [-0.2, 0) is 17.7 Å². The van der Waals surface area contributed by atoms with Crippen molar-refractivity contribution in [3.05, 3.63) is 68.7 Å². The number of thiophene rings is 1. The average Bonchev–Trinajstić information content (AvgIpc) is 3.54. The van der Waals surface area contributed by atoms with Gasteiger partial charge in [-0.05, 0) is 45.7 Å². The number of rotatable bonds is 5. The molecule has 0 spiro atoms. The second-order valence-corrected chi connectivity index (χ2v) is 11.6. The van der Waals surface area contributed by atoms with Crippen LogP contribution in [-0.4, -0.2) is 49.0 Å². The summed E-state index contributed by atoms with van der Waals surface area (Å²) in [6, 6.07) is 7.55. The van der Waals surface area contributed by atoms with E-state index in [4.69, 9.17) is 9.26 Å². The number of nitrogens with zero attached hydrogens (tertiary/aromatic N) is 5. The van der Waals surface area contributed by atoms with E-state index in [1.54, 1.807) is 49.9 Å². The number of aromatic nitrogens is 4. The van der Waals surface area contributed by atoms with E-state index in [0.717, 1.165) is 11.3 Å². The Morgan fingerprint density at radius 3 is 2.56 bits per heavy atom. The lowest BCUT2D eigenvalue weighted by Gasteiger charge is -2.33. The van der Waals surface area contributed by atoms with Crippen molar-refractivity contribution in [3.8, 4) is 10.4 Å². The quantitative estimate of drug-likeness (QED) is 0.354. The summed E-state index contributed by atoms with van der Waals surface area (Å²) in [5.74, 6) is 0.325. The van der Waals surface area contributed by atoms with Crippen LogP contribution in [0.2, 0.25) is 0 Å². The normalized spacial score (nSPS) is 14.7. The Bertz CT molecular complexity index is 1640. The molecule has 4 heterocycles. The molecule has 3 aromatic heterocycles. The van der Waals surface area contributed by atoms with Crippen LogP contribution < -0.4 is 11.2 Å². The summed E-state index contributed by atoms with van der Waals surface area (Å²) in [6.45, 7) is 7.96. The molecule has 1 amide bonds. The molecule has 206 valence electrons. The zero-order valence-corrected chi connectivity index (χ0v) is 23.1. The van der Waals surface area contributed by atoms with E-state index in [-0.39, 0.29) is 12.4 Å². The summed E-state index contributed by atoms with van der Waals surface area (Å²) >= 11 is 1.14. The number of ether oxygens (including phenoxy) is 1. The van der Waals surface area contributed by atoms with Gasteiger partial charge in [0.05, 0.1) is 5.52 Å². The predicted octanol–water partition coefficient (Wildman–Crippen LogP) is 4.60. The summed E-state index contributed by atoms with van der Waals surface area (Å²) in [5.41, 5.74) is -0.843. The first-order chi connectivity index (χ1) is 18.6. The SMILES string of the molecule is CCc1noc(Cn2c(=O)n(C3CCN(C(=O)OC(C)(C)C)CC3)c(=O)c3sc(-c4ccccc4F)cc32)n1. The van der Waals surface area contributed by atoms with E-state index in [2.05, 4.69) is 10.1 Å². The maximum Gasteiger partial charge on any atom is 0.410 e. The highest BCUT2D eigenvalue weighted by atomic mass is 32.1. The zero-order chi connectivity index (χ0) is 27.9. The maximum absolute atomic E-state index is 14.6. The standard InChI is InChI=1S/C27H30FN5O5S/c1-5-21-29-22(38-30-21)15-32-19-14-20(17-8-6-7-9-18(17)28)39-23(19)24(34)33(25(32)35)16-10-12-31(13-11-16)26(36)37-27(2,3)4/h6-9,14,16H,5,10-13,15H2,1-4H3. The summed E-state index contributed by atoms with van der Waals surface area (Å²) in [6.07, 6.45) is 0.967. The number of carbonyl (C=O) groups excluding carboxylic acids is 1. The third kappa shape index (κ3) is 5.38. The van der Waals surface area contributed by atoms with Gasteiger partial charge in [0, 0.05) is 36.0 Å². The lowest BCUT2D eigenvalue weighted by atomic mass is 10.1. The van der Waals surface area contributed by atoms with E-state index >= 15 is 0 Å².